The first-order valence-electron chi connectivity index (χ1n) is 7.27. The summed E-state index contributed by atoms with van der Waals surface area (Å²) in [7, 11) is -0.665. The van der Waals surface area contributed by atoms with Crippen molar-refractivity contribution in [2.45, 2.75) is 18.7 Å². The molecule has 1 amide bonds. The van der Waals surface area contributed by atoms with Gasteiger partial charge in [-0.3, -0.25) is 9.52 Å². The predicted molar refractivity (Wildman–Crippen MR) is 94.1 cm³/mol. The largest absolute Gasteiger partial charge is 0.496 e. The Morgan fingerprint density at radius 1 is 1.17 bits per heavy atom. The fraction of sp³-hybridized carbons (Fsp3) is 0.235. The molecule has 128 valence electrons. The molecule has 0 saturated carbocycles. The summed E-state index contributed by atoms with van der Waals surface area (Å²) in [6.07, 6.45) is 0. The molecule has 0 aliphatic rings. The molecule has 0 aliphatic carbocycles. The SMILES string of the molecule is COc1ccc(S(=O)(=O)Nc2ccccc2N(C)C(C)=O)cc1C. The van der Waals surface area contributed by atoms with Crippen molar-refractivity contribution in [1.29, 1.82) is 0 Å². The van der Waals surface area contributed by atoms with Crippen LogP contribution in [0.5, 0.6) is 5.75 Å². The van der Waals surface area contributed by atoms with E-state index in [2.05, 4.69) is 4.72 Å². The van der Waals surface area contributed by atoms with Gasteiger partial charge in [0.1, 0.15) is 5.75 Å². The fourth-order valence-corrected chi connectivity index (χ4v) is 3.40. The zero-order valence-electron chi connectivity index (χ0n) is 14.0. The molecule has 0 spiro atoms. The molecule has 0 fully saturated rings. The highest BCUT2D eigenvalue weighted by Gasteiger charge is 2.19. The molecule has 6 nitrogen and oxygen atoms in total. The van der Waals surface area contributed by atoms with Crippen molar-refractivity contribution in [3.8, 4) is 5.75 Å². The summed E-state index contributed by atoms with van der Waals surface area (Å²) in [5, 5.41) is 0. The molecule has 0 atom stereocenters. The van der Waals surface area contributed by atoms with E-state index in [1.807, 2.05) is 0 Å². The van der Waals surface area contributed by atoms with Crippen LogP contribution in [0.15, 0.2) is 47.4 Å². The highest BCUT2D eigenvalue weighted by Crippen LogP contribution is 2.28. The average Bonchev–Trinajstić information content (AvgIpc) is 2.54. The van der Waals surface area contributed by atoms with Gasteiger partial charge >= 0.3 is 0 Å². The number of carbonyl (C=O) groups excluding carboxylic acids is 1. The van der Waals surface area contributed by atoms with Crippen molar-refractivity contribution >= 4 is 27.3 Å². The number of rotatable bonds is 5. The first-order chi connectivity index (χ1) is 11.3. The van der Waals surface area contributed by atoms with Gasteiger partial charge in [-0.05, 0) is 42.8 Å². The average molecular weight is 348 g/mol. The van der Waals surface area contributed by atoms with E-state index in [0.717, 1.165) is 5.56 Å². The van der Waals surface area contributed by atoms with Crippen LogP contribution in [0.3, 0.4) is 0 Å². The summed E-state index contributed by atoms with van der Waals surface area (Å²) >= 11 is 0. The minimum absolute atomic E-state index is 0.126. The zero-order valence-corrected chi connectivity index (χ0v) is 14.8. The van der Waals surface area contributed by atoms with E-state index in [0.29, 0.717) is 17.1 Å². The van der Waals surface area contributed by atoms with E-state index in [9.17, 15) is 13.2 Å². The Labute approximate surface area is 142 Å². The van der Waals surface area contributed by atoms with Gasteiger partial charge in [0.2, 0.25) is 5.91 Å². The van der Waals surface area contributed by atoms with Gasteiger partial charge < -0.3 is 9.64 Å². The molecule has 7 heteroatoms. The lowest BCUT2D eigenvalue weighted by molar-refractivity contribution is -0.116. The quantitative estimate of drug-likeness (QED) is 0.901. The van der Waals surface area contributed by atoms with Crippen LogP contribution in [0.2, 0.25) is 0 Å². The molecule has 0 aromatic heterocycles. The number of nitrogens with one attached hydrogen (secondary N) is 1. The van der Waals surface area contributed by atoms with Gasteiger partial charge in [0.25, 0.3) is 10.0 Å². The van der Waals surface area contributed by atoms with Crippen LogP contribution in [-0.4, -0.2) is 28.5 Å². The van der Waals surface area contributed by atoms with Gasteiger partial charge in [-0.1, -0.05) is 12.1 Å². The van der Waals surface area contributed by atoms with Crippen LogP contribution in [0.25, 0.3) is 0 Å². The monoisotopic (exact) mass is 348 g/mol. The van der Waals surface area contributed by atoms with E-state index < -0.39 is 10.0 Å². The Balaban J connectivity index is 2.40. The van der Waals surface area contributed by atoms with Crippen LogP contribution in [0.1, 0.15) is 12.5 Å². The Kier molecular flexibility index (Phi) is 5.14. The zero-order chi connectivity index (χ0) is 17.9. The number of benzene rings is 2. The first kappa shape index (κ1) is 17.8. The lowest BCUT2D eigenvalue weighted by Crippen LogP contribution is -2.25. The van der Waals surface area contributed by atoms with Gasteiger partial charge in [-0.15, -0.1) is 0 Å². The van der Waals surface area contributed by atoms with E-state index in [1.165, 1.54) is 25.0 Å². The Hall–Kier alpha value is -2.54. The molecule has 24 heavy (non-hydrogen) atoms. The second-order valence-electron chi connectivity index (χ2n) is 5.33. The molecular formula is C17H20N2O4S. The van der Waals surface area contributed by atoms with Crippen LogP contribution in [0.4, 0.5) is 11.4 Å². The molecule has 0 saturated heterocycles. The number of hydrogen-bond acceptors (Lipinski definition) is 4. The minimum Gasteiger partial charge on any atom is -0.496 e. The molecule has 0 bridgehead atoms. The molecule has 2 aromatic carbocycles. The third-order valence-corrected chi connectivity index (χ3v) is 5.02. The number of aryl methyl sites for hydroxylation is 1. The summed E-state index contributed by atoms with van der Waals surface area (Å²) in [6, 6.07) is 11.4. The summed E-state index contributed by atoms with van der Waals surface area (Å²) in [6.45, 7) is 3.19. The second-order valence-corrected chi connectivity index (χ2v) is 7.01. The van der Waals surface area contributed by atoms with Gasteiger partial charge in [0.15, 0.2) is 0 Å². The number of para-hydroxylation sites is 2. The number of sulfonamides is 1. The molecule has 0 heterocycles. The van der Waals surface area contributed by atoms with E-state index >= 15 is 0 Å². The fourth-order valence-electron chi connectivity index (χ4n) is 2.24. The number of carbonyl (C=O) groups is 1. The van der Waals surface area contributed by atoms with E-state index in [1.54, 1.807) is 50.4 Å². The number of nitrogens with zero attached hydrogens (tertiary/aromatic N) is 1. The number of amides is 1. The number of hydrogen-bond donors (Lipinski definition) is 1. The van der Waals surface area contributed by atoms with Crippen LogP contribution in [0, 0.1) is 6.92 Å². The highest BCUT2D eigenvalue weighted by molar-refractivity contribution is 7.92. The van der Waals surface area contributed by atoms with Crippen molar-refractivity contribution in [2.75, 3.05) is 23.8 Å². The van der Waals surface area contributed by atoms with Crippen molar-refractivity contribution in [3.05, 3.63) is 48.0 Å². The maximum atomic E-state index is 12.6. The van der Waals surface area contributed by atoms with Crippen molar-refractivity contribution in [1.82, 2.24) is 0 Å². The maximum Gasteiger partial charge on any atom is 0.261 e. The van der Waals surface area contributed by atoms with Crippen molar-refractivity contribution < 1.29 is 17.9 Å². The Morgan fingerprint density at radius 2 is 1.83 bits per heavy atom. The van der Waals surface area contributed by atoms with Crippen molar-refractivity contribution in [2.24, 2.45) is 0 Å². The summed E-state index contributed by atoms with van der Waals surface area (Å²) < 4.78 is 33.0. The van der Waals surface area contributed by atoms with E-state index in [4.69, 9.17) is 4.74 Å². The van der Waals surface area contributed by atoms with Crippen LogP contribution in [-0.2, 0) is 14.8 Å². The van der Waals surface area contributed by atoms with E-state index in [-0.39, 0.29) is 10.8 Å². The predicted octanol–water partition coefficient (Wildman–Crippen LogP) is 2.79. The summed E-state index contributed by atoms with van der Waals surface area (Å²) in [5.41, 5.74) is 1.54. The second kappa shape index (κ2) is 6.92. The topological polar surface area (TPSA) is 75.7 Å². The molecule has 0 radical (unpaired) electrons. The molecular weight excluding hydrogens is 328 g/mol. The minimum atomic E-state index is -3.79. The van der Waals surface area contributed by atoms with Crippen LogP contribution < -0.4 is 14.4 Å². The normalized spacial score (nSPS) is 11.0. The molecule has 2 aromatic rings. The van der Waals surface area contributed by atoms with Gasteiger partial charge in [0.05, 0.1) is 23.4 Å². The summed E-state index contributed by atoms with van der Waals surface area (Å²) in [4.78, 5) is 13.1. The van der Waals surface area contributed by atoms with Gasteiger partial charge in [-0.2, -0.15) is 0 Å². The lowest BCUT2D eigenvalue weighted by atomic mass is 10.2. The first-order valence-corrected chi connectivity index (χ1v) is 8.75. The number of methoxy groups -OCH3 is 1. The van der Waals surface area contributed by atoms with Gasteiger partial charge in [0, 0.05) is 14.0 Å². The number of ether oxygens (including phenoxy) is 1. The third-order valence-electron chi connectivity index (χ3n) is 3.66. The maximum absolute atomic E-state index is 12.6. The summed E-state index contributed by atoms with van der Waals surface area (Å²) in [5.74, 6) is 0.424. The number of anilines is 2. The smallest absolute Gasteiger partial charge is 0.261 e. The molecule has 2 rings (SSSR count). The Morgan fingerprint density at radius 3 is 2.42 bits per heavy atom. The lowest BCUT2D eigenvalue weighted by Gasteiger charge is -2.20. The Bertz CT molecular complexity index is 863. The highest BCUT2D eigenvalue weighted by atomic mass is 32.2. The molecule has 0 aliphatic heterocycles. The van der Waals surface area contributed by atoms with Crippen molar-refractivity contribution in [3.63, 3.8) is 0 Å². The third kappa shape index (κ3) is 3.68. The van der Waals surface area contributed by atoms with Crippen LogP contribution >= 0.6 is 0 Å². The standard InChI is InChI=1S/C17H20N2O4S/c1-12-11-14(9-10-17(12)23-4)24(21,22)18-15-7-5-6-8-16(15)19(3)13(2)20/h5-11,18H,1-4H3. The molecule has 1 N–H and O–H groups in total. The van der Waals surface area contributed by atoms with Gasteiger partial charge in [-0.25, -0.2) is 8.42 Å². The molecule has 0 unspecified atom stereocenters.